The highest BCUT2D eigenvalue weighted by Gasteiger charge is 2.15. The molecule has 0 saturated carbocycles. The van der Waals surface area contributed by atoms with Crippen molar-refractivity contribution in [3.8, 4) is 5.69 Å². The number of pyridine rings is 1. The lowest BCUT2D eigenvalue weighted by Crippen LogP contribution is -2.13. The van der Waals surface area contributed by atoms with Gasteiger partial charge in [0.1, 0.15) is 5.82 Å². The van der Waals surface area contributed by atoms with Crippen LogP contribution in [-0.2, 0) is 10.0 Å². The molecule has 9 nitrogen and oxygen atoms in total. The Morgan fingerprint density at radius 2 is 1.65 bits per heavy atom. The Kier molecular flexibility index (Phi) is 5.46. The largest absolute Gasteiger partial charge is 0.299 e. The van der Waals surface area contributed by atoms with Crippen LogP contribution in [0.4, 0.5) is 17.2 Å². The number of aryl methyl sites for hydroxylation is 1. The van der Waals surface area contributed by atoms with E-state index in [1.54, 1.807) is 37.3 Å². The van der Waals surface area contributed by atoms with Crippen molar-refractivity contribution in [2.45, 2.75) is 11.8 Å². The first-order valence-electron chi connectivity index (χ1n) is 9.27. The van der Waals surface area contributed by atoms with E-state index in [9.17, 15) is 13.2 Å². The predicted octanol–water partition coefficient (Wildman–Crippen LogP) is 4.09. The summed E-state index contributed by atoms with van der Waals surface area (Å²) in [5.74, 6) is 0.226. The number of hydrogen-bond donors (Lipinski definition) is 2. The molecule has 0 radical (unpaired) electrons. The fraction of sp³-hybridized carbons (Fsp3) is 0.0476. The van der Waals surface area contributed by atoms with Gasteiger partial charge in [-0.2, -0.15) is 5.11 Å². The molecule has 2 N–H and O–H groups in total. The Labute approximate surface area is 178 Å². The second-order valence-corrected chi connectivity index (χ2v) is 8.26. The molecular weight excluding hydrogens is 416 g/mol. The number of anilines is 1. The van der Waals surface area contributed by atoms with Crippen LogP contribution in [0.1, 0.15) is 5.69 Å². The number of hydrogen-bond acceptors (Lipinski definition) is 6. The number of nitrogens with one attached hydrogen (secondary N) is 2. The van der Waals surface area contributed by atoms with Crippen LogP contribution in [0.15, 0.2) is 98.9 Å². The number of nitrogens with zero attached hydrogens (tertiary/aromatic N) is 4. The van der Waals surface area contributed by atoms with E-state index >= 15 is 0 Å². The van der Waals surface area contributed by atoms with E-state index < -0.39 is 10.0 Å². The van der Waals surface area contributed by atoms with Gasteiger partial charge in [0.15, 0.2) is 5.69 Å². The first kappa shape index (κ1) is 20.2. The van der Waals surface area contributed by atoms with Gasteiger partial charge in [-0.25, -0.2) is 18.1 Å². The summed E-state index contributed by atoms with van der Waals surface area (Å²) in [4.78, 5) is 16.7. The summed E-state index contributed by atoms with van der Waals surface area (Å²) in [6, 6.07) is 19.9. The van der Waals surface area contributed by atoms with Gasteiger partial charge in [0.05, 0.1) is 22.0 Å². The minimum absolute atomic E-state index is 0.0568. The highest BCUT2D eigenvalue weighted by Crippen LogP contribution is 2.21. The van der Waals surface area contributed by atoms with Crippen molar-refractivity contribution in [3.05, 3.63) is 95.0 Å². The molecule has 0 aliphatic carbocycles. The minimum Gasteiger partial charge on any atom is -0.293 e. The van der Waals surface area contributed by atoms with Crippen LogP contribution in [0.2, 0.25) is 0 Å². The molecular formula is C21H18N6O3S. The summed E-state index contributed by atoms with van der Waals surface area (Å²) < 4.78 is 28.7. The van der Waals surface area contributed by atoms with E-state index in [4.69, 9.17) is 0 Å². The molecule has 0 unspecified atom stereocenters. The molecule has 0 bridgehead atoms. The molecule has 31 heavy (non-hydrogen) atoms. The first-order valence-corrected chi connectivity index (χ1v) is 10.7. The third kappa shape index (κ3) is 4.43. The highest BCUT2D eigenvalue weighted by atomic mass is 32.2. The lowest BCUT2D eigenvalue weighted by molar-refractivity contribution is 0.601. The summed E-state index contributed by atoms with van der Waals surface area (Å²) in [6.07, 6.45) is 1.50. The lowest BCUT2D eigenvalue weighted by Gasteiger charge is -2.06. The van der Waals surface area contributed by atoms with E-state index in [-0.39, 0.29) is 22.0 Å². The Morgan fingerprint density at radius 1 is 0.935 bits per heavy atom. The van der Waals surface area contributed by atoms with Crippen LogP contribution in [-0.4, -0.2) is 23.2 Å². The van der Waals surface area contributed by atoms with Crippen LogP contribution in [0, 0.1) is 6.92 Å². The molecule has 0 aliphatic heterocycles. The van der Waals surface area contributed by atoms with E-state index in [1.165, 1.54) is 35.1 Å². The van der Waals surface area contributed by atoms with Crippen molar-refractivity contribution in [2.75, 3.05) is 4.72 Å². The second-order valence-electron chi connectivity index (χ2n) is 6.58. The fourth-order valence-corrected chi connectivity index (χ4v) is 3.84. The molecule has 0 fully saturated rings. The van der Waals surface area contributed by atoms with Crippen molar-refractivity contribution < 1.29 is 8.42 Å². The summed E-state index contributed by atoms with van der Waals surface area (Å²) in [6.45, 7) is 1.73. The zero-order valence-electron chi connectivity index (χ0n) is 16.4. The molecule has 10 heteroatoms. The van der Waals surface area contributed by atoms with Gasteiger partial charge in [-0.05, 0) is 55.5 Å². The quantitative estimate of drug-likeness (QED) is 0.444. The third-order valence-electron chi connectivity index (χ3n) is 4.37. The van der Waals surface area contributed by atoms with Gasteiger partial charge in [0.25, 0.3) is 15.6 Å². The highest BCUT2D eigenvalue weighted by molar-refractivity contribution is 7.92. The van der Waals surface area contributed by atoms with E-state index in [1.807, 2.05) is 18.2 Å². The first-order chi connectivity index (χ1) is 14.9. The smallest absolute Gasteiger partial charge is 0.293 e. The number of sulfonamides is 1. The van der Waals surface area contributed by atoms with Gasteiger partial charge in [-0.15, -0.1) is 5.11 Å². The van der Waals surface area contributed by atoms with Crippen molar-refractivity contribution in [1.29, 1.82) is 0 Å². The maximum Gasteiger partial charge on any atom is 0.299 e. The average molecular weight is 434 g/mol. The summed E-state index contributed by atoms with van der Waals surface area (Å²) in [5.41, 5.74) is 1.51. The van der Waals surface area contributed by atoms with Gasteiger partial charge < -0.3 is 0 Å². The number of aromatic amines is 1. The third-order valence-corrected chi connectivity index (χ3v) is 5.74. The molecule has 0 saturated heterocycles. The lowest BCUT2D eigenvalue weighted by atomic mass is 10.3. The van der Waals surface area contributed by atoms with Crippen LogP contribution < -0.4 is 10.3 Å². The second kappa shape index (κ2) is 8.36. The molecule has 156 valence electrons. The Balaban J connectivity index is 1.55. The summed E-state index contributed by atoms with van der Waals surface area (Å²) in [7, 11) is -3.78. The normalized spacial score (nSPS) is 11.6. The maximum atomic E-state index is 12.7. The molecule has 0 aliphatic rings. The molecule has 2 aromatic heterocycles. The molecule has 0 amide bonds. The van der Waals surface area contributed by atoms with Gasteiger partial charge in [0.2, 0.25) is 0 Å². The number of para-hydroxylation sites is 1. The van der Waals surface area contributed by atoms with Crippen LogP contribution >= 0.6 is 0 Å². The number of azo groups is 1. The van der Waals surface area contributed by atoms with E-state index in [0.29, 0.717) is 17.1 Å². The predicted molar refractivity (Wildman–Crippen MR) is 117 cm³/mol. The molecule has 4 rings (SSSR count). The van der Waals surface area contributed by atoms with Gasteiger partial charge >= 0.3 is 0 Å². The zero-order chi connectivity index (χ0) is 21.8. The van der Waals surface area contributed by atoms with Crippen LogP contribution in [0.25, 0.3) is 5.69 Å². The monoisotopic (exact) mass is 434 g/mol. The minimum atomic E-state index is -3.78. The Bertz CT molecular complexity index is 1380. The molecule has 2 heterocycles. The molecule has 2 aromatic carbocycles. The topological polar surface area (TPSA) is 122 Å². The summed E-state index contributed by atoms with van der Waals surface area (Å²) in [5, 5.41) is 11.1. The standard InChI is InChI=1S/C21H18N6O3S/c1-15-20(21(28)27(25-15)17-7-3-2-4-8-17)24-23-16-10-12-18(13-11-16)31(29,30)26-19-9-5-6-14-22-19/h2-14,25H,1H3,(H,22,26). The zero-order valence-corrected chi connectivity index (χ0v) is 17.2. The fourth-order valence-electron chi connectivity index (χ4n) is 2.83. The van der Waals surface area contributed by atoms with Gasteiger partial charge in [-0.1, -0.05) is 24.3 Å². The van der Waals surface area contributed by atoms with Crippen molar-refractivity contribution in [2.24, 2.45) is 10.2 Å². The van der Waals surface area contributed by atoms with E-state index in [2.05, 4.69) is 25.0 Å². The number of aromatic nitrogens is 3. The number of rotatable bonds is 6. The van der Waals surface area contributed by atoms with Crippen molar-refractivity contribution in [1.82, 2.24) is 14.8 Å². The Hall–Kier alpha value is -4.05. The van der Waals surface area contributed by atoms with Gasteiger partial charge in [-0.3, -0.25) is 14.6 Å². The van der Waals surface area contributed by atoms with Gasteiger partial charge in [0, 0.05) is 6.20 Å². The van der Waals surface area contributed by atoms with E-state index in [0.717, 1.165) is 0 Å². The average Bonchev–Trinajstić information content (AvgIpc) is 3.07. The summed E-state index contributed by atoms with van der Waals surface area (Å²) >= 11 is 0. The Morgan fingerprint density at radius 3 is 2.32 bits per heavy atom. The molecule has 0 atom stereocenters. The van der Waals surface area contributed by atoms with Crippen molar-refractivity contribution in [3.63, 3.8) is 0 Å². The molecule has 4 aromatic rings. The van der Waals surface area contributed by atoms with Crippen LogP contribution in [0.3, 0.4) is 0 Å². The maximum absolute atomic E-state index is 12.7. The number of H-pyrrole nitrogens is 1. The number of benzene rings is 2. The molecule has 0 spiro atoms. The van der Waals surface area contributed by atoms with Crippen molar-refractivity contribution >= 4 is 27.2 Å². The SMILES string of the molecule is Cc1[nH]n(-c2ccccc2)c(=O)c1N=Nc1ccc(S(=O)(=O)Nc2ccccn2)cc1. The van der Waals surface area contributed by atoms with Crippen LogP contribution in [0.5, 0.6) is 0 Å².